The van der Waals surface area contributed by atoms with Gasteiger partial charge in [0.2, 0.25) is 0 Å². The highest BCUT2D eigenvalue weighted by Gasteiger charge is 2.22. The SMILES string of the molecule is C#CC[C@@H](OPI)[C@@H](C)C(O)C=C. The van der Waals surface area contributed by atoms with Crippen LogP contribution < -0.4 is 0 Å². The molecule has 0 spiro atoms. The molecule has 4 atom stereocenters. The highest BCUT2D eigenvalue weighted by atomic mass is 127. The lowest BCUT2D eigenvalue weighted by molar-refractivity contribution is 0.0754. The molecule has 0 aliphatic heterocycles. The van der Waals surface area contributed by atoms with Gasteiger partial charge >= 0.3 is 0 Å². The molecular weight excluding hydrogens is 298 g/mol. The molecule has 0 bridgehead atoms. The summed E-state index contributed by atoms with van der Waals surface area (Å²) < 4.78 is 5.43. The Labute approximate surface area is 94.5 Å². The molecule has 13 heavy (non-hydrogen) atoms. The second-order valence-corrected chi connectivity index (χ2v) is 4.44. The predicted molar refractivity (Wildman–Crippen MR) is 66.0 cm³/mol. The first-order chi connectivity index (χ1) is 6.17. The minimum atomic E-state index is -0.550. The average molecular weight is 312 g/mol. The van der Waals surface area contributed by atoms with Crippen LogP contribution in [0.15, 0.2) is 12.7 Å². The number of hydrogen-bond acceptors (Lipinski definition) is 2. The van der Waals surface area contributed by atoms with Crippen LogP contribution in [0.4, 0.5) is 0 Å². The van der Waals surface area contributed by atoms with E-state index in [0.717, 1.165) is 0 Å². The van der Waals surface area contributed by atoms with Crippen molar-refractivity contribution in [3.8, 4) is 12.3 Å². The molecule has 0 aromatic carbocycles. The van der Waals surface area contributed by atoms with Gasteiger partial charge in [0.15, 0.2) is 0 Å². The number of hydrogen-bond donors (Lipinski definition) is 1. The molecule has 0 saturated carbocycles. The zero-order valence-electron chi connectivity index (χ0n) is 7.53. The lowest BCUT2D eigenvalue weighted by Crippen LogP contribution is -2.28. The number of aliphatic hydroxyl groups excluding tert-OH is 1. The van der Waals surface area contributed by atoms with Crippen molar-refractivity contribution in [1.82, 2.24) is 0 Å². The van der Waals surface area contributed by atoms with Crippen LogP contribution in [0.3, 0.4) is 0 Å². The average Bonchev–Trinajstić information content (AvgIpc) is 2.15. The van der Waals surface area contributed by atoms with Crippen LogP contribution in [0.25, 0.3) is 0 Å². The van der Waals surface area contributed by atoms with E-state index in [1.54, 1.807) is 0 Å². The summed E-state index contributed by atoms with van der Waals surface area (Å²) in [5.41, 5.74) is 0. The third-order valence-corrected chi connectivity index (χ3v) is 3.04. The maximum Gasteiger partial charge on any atom is 0.0798 e. The zero-order chi connectivity index (χ0) is 10.3. The molecule has 0 radical (unpaired) electrons. The lowest BCUT2D eigenvalue weighted by Gasteiger charge is -2.23. The Bertz CT molecular complexity index is 191. The van der Waals surface area contributed by atoms with Gasteiger partial charge in [0.1, 0.15) is 0 Å². The van der Waals surface area contributed by atoms with Crippen LogP contribution in [-0.4, -0.2) is 17.3 Å². The largest absolute Gasteiger partial charge is 0.389 e. The predicted octanol–water partition coefficient (Wildman–Crippen LogP) is 2.52. The molecule has 74 valence electrons. The van der Waals surface area contributed by atoms with E-state index < -0.39 is 6.10 Å². The van der Waals surface area contributed by atoms with E-state index in [9.17, 15) is 5.11 Å². The van der Waals surface area contributed by atoms with Crippen molar-refractivity contribution in [2.75, 3.05) is 0 Å². The van der Waals surface area contributed by atoms with Gasteiger partial charge in [-0.1, -0.05) is 13.0 Å². The molecule has 0 aromatic heterocycles. The fourth-order valence-electron chi connectivity index (χ4n) is 0.943. The Balaban J connectivity index is 4.18. The molecule has 0 heterocycles. The van der Waals surface area contributed by atoms with Gasteiger partial charge in [-0.05, 0) is 22.0 Å². The van der Waals surface area contributed by atoms with E-state index in [0.29, 0.717) is 12.9 Å². The van der Waals surface area contributed by atoms with Crippen LogP contribution in [0.1, 0.15) is 13.3 Å². The Hall–Kier alpha value is 0.380. The molecule has 2 nitrogen and oxygen atoms in total. The number of rotatable bonds is 6. The van der Waals surface area contributed by atoms with E-state index in [-0.39, 0.29) is 12.0 Å². The molecule has 0 aliphatic rings. The van der Waals surface area contributed by atoms with Gasteiger partial charge in [-0.15, -0.1) is 18.9 Å². The van der Waals surface area contributed by atoms with E-state index in [1.807, 2.05) is 6.92 Å². The van der Waals surface area contributed by atoms with Crippen LogP contribution in [0.2, 0.25) is 0 Å². The minimum Gasteiger partial charge on any atom is -0.389 e. The smallest absolute Gasteiger partial charge is 0.0798 e. The van der Waals surface area contributed by atoms with E-state index >= 15 is 0 Å². The maximum atomic E-state index is 9.48. The summed E-state index contributed by atoms with van der Waals surface area (Å²) in [5.74, 6) is 2.54. The number of terminal acetylenes is 1. The summed E-state index contributed by atoms with van der Waals surface area (Å²) in [6.07, 6.45) is 6.61. The minimum absolute atomic E-state index is 0.00387. The Kier molecular flexibility index (Phi) is 7.98. The third kappa shape index (κ3) is 4.97. The summed E-state index contributed by atoms with van der Waals surface area (Å²) in [5, 5.41) is 9.48. The fraction of sp³-hybridized carbons (Fsp3) is 0.556. The summed E-state index contributed by atoms with van der Waals surface area (Å²) in [6, 6.07) is 0. The normalized spacial score (nSPS) is 18.0. The van der Waals surface area contributed by atoms with Crippen LogP contribution in [-0.2, 0) is 4.52 Å². The molecule has 2 unspecified atom stereocenters. The topological polar surface area (TPSA) is 29.5 Å². The van der Waals surface area contributed by atoms with Crippen molar-refractivity contribution in [2.45, 2.75) is 25.6 Å². The van der Waals surface area contributed by atoms with E-state index in [2.05, 4.69) is 34.5 Å². The number of aliphatic hydroxyl groups is 1. The highest BCUT2D eigenvalue weighted by molar-refractivity contribution is 14.2. The summed E-state index contributed by atoms with van der Waals surface area (Å²) in [7, 11) is 0. The van der Waals surface area contributed by atoms with E-state index in [1.165, 1.54) is 6.08 Å². The molecule has 0 aliphatic carbocycles. The Morgan fingerprint density at radius 2 is 2.46 bits per heavy atom. The molecule has 0 fully saturated rings. The zero-order valence-corrected chi connectivity index (χ0v) is 10.7. The van der Waals surface area contributed by atoms with Gasteiger partial charge in [0.25, 0.3) is 0 Å². The first kappa shape index (κ1) is 13.4. The molecule has 0 rings (SSSR count). The van der Waals surface area contributed by atoms with Gasteiger partial charge in [-0.25, -0.2) is 0 Å². The van der Waals surface area contributed by atoms with Gasteiger partial charge in [-0.3, -0.25) is 0 Å². The second-order valence-electron chi connectivity index (χ2n) is 2.73. The van der Waals surface area contributed by atoms with Gasteiger partial charge in [0.05, 0.1) is 18.7 Å². The second kappa shape index (κ2) is 7.75. The van der Waals surface area contributed by atoms with Crippen LogP contribution in [0, 0.1) is 18.3 Å². The lowest BCUT2D eigenvalue weighted by atomic mass is 9.96. The van der Waals surface area contributed by atoms with Gasteiger partial charge in [-0.2, -0.15) is 0 Å². The quantitative estimate of drug-likeness (QED) is 0.353. The standard InChI is InChI=1S/C9H14IO2P/c1-4-6-9(12-13-10)7(3)8(11)5-2/h1,5,7-9,11,13H,2,6H2,3H3/t7-,8?,9+/m0/s1. The van der Waals surface area contributed by atoms with Crippen molar-refractivity contribution in [3.05, 3.63) is 12.7 Å². The fourth-order valence-corrected chi connectivity index (χ4v) is 2.34. The van der Waals surface area contributed by atoms with Crippen molar-refractivity contribution < 1.29 is 9.63 Å². The van der Waals surface area contributed by atoms with E-state index in [4.69, 9.17) is 10.9 Å². The first-order valence-corrected chi connectivity index (χ1v) is 7.95. The summed E-state index contributed by atoms with van der Waals surface area (Å²) in [6.45, 7) is 5.80. The third-order valence-electron chi connectivity index (χ3n) is 1.88. The van der Waals surface area contributed by atoms with Gasteiger partial charge in [0, 0.05) is 12.3 Å². The number of halogens is 1. The van der Waals surface area contributed by atoms with Gasteiger partial charge < -0.3 is 9.63 Å². The van der Waals surface area contributed by atoms with Crippen LogP contribution >= 0.6 is 28.5 Å². The molecule has 0 aromatic rings. The van der Waals surface area contributed by atoms with Crippen molar-refractivity contribution in [2.24, 2.45) is 5.92 Å². The molecule has 1 N–H and O–H groups in total. The monoisotopic (exact) mass is 312 g/mol. The summed E-state index contributed by atoms with van der Waals surface area (Å²) >= 11 is 2.14. The molecule has 0 amide bonds. The van der Waals surface area contributed by atoms with Crippen molar-refractivity contribution in [1.29, 1.82) is 0 Å². The van der Waals surface area contributed by atoms with Crippen LogP contribution in [0.5, 0.6) is 0 Å². The molecular formula is C9H14IO2P. The Morgan fingerprint density at radius 3 is 2.85 bits per heavy atom. The summed E-state index contributed by atoms with van der Waals surface area (Å²) in [4.78, 5) is 0. The van der Waals surface area contributed by atoms with Crippen molar-refractivity contribution in [3.63, 3.8) is 0 Å². The molecule has 0 saturated heterocycles. The Morgan fingerprint density at radius 1 is 1.85 bits per heavy atom. The van der Waals surface area contributed by atoms with Crippen molar-refractivity contribution >= 4 is 28.5 Å². The maximum absolute atomic E-state index is 9.48. The molecule has 4 heteroatoms. The highest BCUT2D eigenvalue weighted by Crippen LogP contribution is 2.29. The first-order valence-electron chi connectivity index (χ1n) is 3.92.